The van der Waals surface area contributed by atoms with Crippen LogP contribution in [-0.4, -0.2) is 89.3 Å². The van der Waals surface area contributed by atoms with Gasteiger partial charge in [0.25, 0.3) is 5.91 Å². The second-order valence-corrected chi connectivity index (χ2v) is 13.8. The first-order chi connectivity index (χ1) is 20.4. The number of ketones is 1. The van der Waals surface area contributed by atoms with E-state index in [2.05, 4.69) is 32.6 Å². The van der Waals surface area contributed by atoms with E-state index in [1.165, 1.54) is 32.1 Å². The lowest BCUT2D eigenvalue weighted by Crippen LogP contribution is -2.73. The molecule has 9 nitrogen and oxygen atoms in total. The molecule has 0 aromatic carbocycles. The lowest BCUT2D eigenvalue weighted by atomic mass is 9.65. The Morgan fingerprint density at radius 2 is 1.95 bits per heavy atom. The number of hydrogen-bond acceptors (Lipinski definition) is 8. The van der Waals surface area contributed by atoms with Gasteiger partial charge < -0.3 is 29.7 Å². The average molecular weight is 584 g/mol. The standard InChI is InChI=1S/C32H46FN5O4/c1-18-12-21(36-42-18)16-35-28-25(33)15-23-29-31(28)41-27-14-20-7-4-3-6-19(20)13-26(27)38(29)17-24(30(23)39)32(40)34-10-9-22-8-5-11-37(22)2/h12,17,19-20,22-23,25-29,31,35H,3-11,13-16H2,1-2H3,(H,34,40). The maximum Gasteiger partial charge on any atom is 0.256 e. The summed E-state index contributed by atoms with van der Waals surface area (Å²) in [5, 5.41) is 10.5. The van der Waals surface area contributed by atoms with E-state index in [0.29, 0.717) is 36.7 Å². The predicted octanol–water partition coefficient (Wildman–Crippen LogP) is 3.27. The molecule has 10 atom stereocenters. The first-order valence-electron chi connectivity index (χ1n) is 16.3. The molecule has 1 aromatic heterocycles. The summed E-state index contributed by atoms with van der Waals surface area (Å²) in [6, 6.07) is 1.56. The third kappa shape index (κ3) is 5.21. The number of morpholine rings is 1. The second kappa shape index (κ2) is 11.7. The van der Waals surface area contributed by atoms with Gasteiger partial charge in [-0.3, -0.25) is 9.59 Å². The van der Waals surface area contributed by atoms with Gasteiger partial charge in [-0.2, -0.15) is 0 Å². The van der Waals surface area contributed by atoms with Crippen LogP contribution < -0.4 is 10.6 Å². The minimum absolute atomic E-state index is 0.0400. The summed E-state index contributed by atoms with van der Waals surface area (Å²) in [4.78, 5) is 32.0. The van der Waals surface area contributed by atoms with Crippen molar-refractivity contribution < 1.29 is 23.2 Å². The van der Waals surface area contributed by atoms with Gasteiger partial charge in [0.2, 0.25) is 0 Å². The van der Waals surface area contributed by atoms with E-state index in [-0.39, 0.29) is 41.9 Å². The van der Waals surface area contributed by atoms with Crippen molar-refractivity contribution in [3.63, 3.8) is 0 Å². The van der Waals surface area contributed by atoms with Crippen molar-refractivity contribution in [2.24, 2.45) is 17.8 Å². The number of amides is 1. The molecule has 0 spiro atoms. The molecule has 0 bridgehead atoms. The monoisotopic (exact) mass is 583 g/mol. The Bertz CT molecular complexity index is 1210. The van der Waals surface area contributed by atoms with Gasteiger partial charge >= 0.3 is 0 Å². The van der Waals surface area contributed by atoms with Crippen LogP contribution in [0.15, 0.2) is 22.4 Å². The van der Waals surface area contributed by atoms with Crippen LogP contribution in [-0.2, 0) is 20.9 Å². The summed E-state index contributed by atoms with van der Waals surface area (Å²) in [7, 11) is 2.13. The lowest BCUT2D eigenvalue weighted by Gasteiger charge is -2.61. The van der Waals surface area contributed by atoms with Crippen molar-refractivity contribution in [1.29, 1.82) is 0 Å². The van der Waals surface area contributed by atoms with Crippen LogP contribution in [0.4, 0.5) is 4.39 Å². The van der Waals surface area contributed by atoms with Gasteiger partial charge in [-0.25, -0.2) is 4.39 Å². The molecule has 3 saturated carbocycles. The lowest BCUT2D eigenvalue weighted by molar-refractivity contribution is -0.208. The minimum Gasteiger partial charge on any atom is -0.369 e. The molecule has 5 fully saturated rings. The number of fused-ring (bicyclic) bond motifs is 3. The summed E-state index contributed by atoms with van der Waals surface area (Å²) in [6.07, 6.45) is 10.3. The topological polar surface area (TPSA) is 99.9 Å². The van der Waals surface area contributed by atoms with Gasteiger partial charge in [0, 0.05) is 37.3 Å². The van der Waals surface area contributed by atoms with Crippen molar-refractivity contribution in [3.05, 3.63) is 29.3 Å². The molecule has 7 rings (SSSR count). The Balaban J connectivity index is 1.15. The van der Waals surface area contributed by atoms with E-state index in [1.807, 2.05) is 19.2 Å². The Morgan fingerprint density at radius 1 is 1.14 bits per heavy atom. The van der Waals surface area contributed by atoms with Crippen LogP contribution in [0.2, 0.25) is 0 Å². The number of carbonyl (C=O) groups excluding carboxylic acids is 2. The van der Waals surface area contributed by atoms with E-state index in [9.17, 15) is 9.59 Å². The fourth-order valence-electron chi connectivity index (χ4n) is 9.21. The molecule has 10 unspecified atom stereocenters. The third-order valence-electron chi connectivity index (χ3n) is 11.4. The van der Waals surface area contributed by atoms with Crippen LogP contribution in [0, 0.1) is 24.7 Å². The van der Waals surface area contributed by atoms with E-state index in [1.54, 1.807) is 0 Å². The Morgan fingerprint density at radius 3 is 2.69 bits per heavy atom. The zero-order valence-corrected chi connectivity index (χ0v) is 25.0. The molecule has 10 heteroatoms. The molecule has 3 aliphatic carbocycles. The summed E-state index contributed by atoms with van der Waals surface area (Å²) < 4.78 is 28.1. The van der Waals surface area contributed by atoms with Gasteiger partial charge in [-0.05, 0) is 70.9 Å². The number of hydrogen-bond donors (Lipinski definition) is 2. The highest BCUT2D eigenvalue weighted by atomic mass is 19.1. The minimum atomic E-state index is -1.28. The Hall–Kier alpha value is -2.30. The molecule has 42 heavy (non-hydrogen) atoms. The van der Waals surface area contributed by atoms with Gasteiger partial charge in [-0.15, -0.1) is 0 Å². The van der Waals surface area contributed by atoms with Gasteiger partial charge in [0.1, 0.15) is 11.9 Å². The van der Waals surface area contributed by atoms with Gasteiger partial charge in [-0.1, -0.05) is 30.8 Å². The molecule has 2 N–H and O–H groups in total. The van der Waals surface area contributed by atoms with E-state index < -0.39 is 24.2 Å². The van der Waals surface area contributed by atoms with Crippen LogP contribution >= 0.6 is 0 Å². The van der Waals surface area contributed by atoms with Crippen molar-refractivity contribution in [3.8, 4) is 0 Å². The molecular weight excluding hydrogens is 537 g/mol. The molecule has 230 valence electrons. The maximum atomic E-state index is 16.0. The summed E-state index contributed by atoms with van der Waals surface area (Å²) in [5.74, 6) is 0.832. The summed E-state index contributed by atoms with van der Waals surface area (Å²) in [5.41, 5.74) is 0.912. The van der Waals surface area contributed by atoms with Crippen LogP contribution in [0.5, 0.6) is 0 Å². The number of nitrogens with one attached hydrogen (secondary N) is 2. The number of aryl methyl sites for hydroxylation is 1. The highest BCUT2D eigenvalue weighted by Crippen LogP contribution is 2.50. The van der Waals surface area contributed by atoms with Crippen molar-refractivity contribution in [2.45, 2.75) is 120 Å². The first kappa shape index (κ1) is 28.5. The molecule has 3 aliphatic heterocycles. The fourth-order valence-corrected chi connectivity index (χ4v) is 9.21. The number of halogens is 1. The highest BCUT2D eigenvalue weighted by molar-refractivity contribution is 6.20. The van der Waals surface area contributed by atoms with E-state index >= 15 is 4.39 Å². The molecule has 4 heterocycles. The average Bonchev–Trinajstić information content (AvgIpc) is 3.59. The van der Waals surface area contributed by atoms with E-state index in [0.717, 1.165) is 37.9 Å². The number of rotatable bonds is 7. The number of aromatic nitrogens is 1. The van der Waals surface area contributed by atoms with Gasteiger partial charge in [0.05, 0.1) is 41.6 Å². The van der Waals surface area contributed by atoms with Crippen molar-refractivity contribution >= 4 is 11.7 Å². The third-order valence-corrected chi connectivity index (χ3v) is 11.4. The molecule has 0 radical (unpaired) electrons. The zero-order valence-electron chi connectivity index (χ0n) is 25.0. The van der Waals surface area contributed by atoms with Crippen molar-refractivity contribution in [2.75, 3.05) is 20.1 Å². The number of carbonyl (C=O) groups is 2. The first-order valence-corrected chi connectivity index (χ1v) is 16.3. The normalized spacial score (nSPS) is 39.7. The number of nitrogens with zero attached hydrogens (tertiary/aromatic N) is 3. The Kier molecular flexibility index (Phi) is 7.90. The van der Waals surface area contributed by atoms with Crippen LogP contribution in [0.3, 0.4) is 0 Å². The van der Waals surface area contributed by atoms with Crippen LogP contribution in [0.25, 0.3) is 0 Å². The number of ether oxygens (including phenoxy) is 1. The van der Waals surface area contributed by atoms with E-state index in [4.69, 9.17) is 9.26 Å². The van der Waals surface area contributed by atoms with Gasteiger partial charge in [0.15, 0.2) is 5.78 Å². The molecule has 2 saturated heterocycles. The molecular formula is C32H46FN5O4. The largest absolute Gasteiger partial charge is 0.369 e. The Labute approximate surface area is 247 Å². The van der Waals surface area contributed by atoms with Crippen molar-refractivity contribution in [1.82, 2.24) is 25.6 Å². The molecule has 1 aromatic rings. The fraction of sp³-hybridized carbons (Fsp3) is 0.781. The maximum absolute atomic E-state index is 16.0. The summed E-state index contributed by atoms with van der Waals surface area (Å²) >= 11 is 0. The second-order valence-electron chi connectivity index (χ2n) is 13.8. The molecule has 1 amide bonds. The van der Waals surface area contributed by atoms with Crippen LogP contribution in [0.1, 0.15) is 75.7 Å². The predicted molar refractivity (Wildman–Crippen MR) is 154 cm³/mol. The molecule has 6 aliphatic rings. The quantitative estimate of drug-likeness (QED) is 0.472. The number of Topliss-reactive ketones (excluding diaryl/α,β-unsaturated/α-hetero) is 1. The number of alkyl halides is 1. The zero-order chi connectivity index (χ0) is 29.0. The smallest absolute Gasteiger partial charge is 0.256 e. The number of likely N-dealkylation sites (tertiary alicyclic amines) is 1. The SMILES string of the molecule is Cc1cc(CNC2C(F)CC3C(=O)C(C(=O)NCCC4CCCN4C)=CN4C5CC6CCCCC6CC5OC2C34)no1. The highest BCUT2D eigenvalue weighted by Gasteiger charge is 2.59. The summed E-state index contributed by atoms with van der Waals surface area (Å²) in [6.45, 7) is 3.83.